The SMILES string of the molecule is Cc1ccc(CC(=O)N(Cc2ccccc2)C(C)C(=O)NC2CCCC2)cc1C. The van der Waals surface area contributed by atoms with Crippen molar-refractivity contribution in [2.75, 3.05) is 0 Å². The number of rotatable bonds is 7. The average molecular weight is 393 g/mol. The van der Waals surface area contributed by atoms with Gasteiger partial charge in [-0.2, -0.15) is 0 Å². The van der Waals surface area contributed by atoms with Crippen molar-refractivity contribution in [1.29, 1.82) is 0 Å². The summed E-state index contributed by atoms with van der Waals surface area (Å²) in [7, 11) is 0. The van der Waals surface area contributed by atoms with Gasteiger partial charge < -0.3 is 10.2 Å². The monoisotopic (exact) mass is 392 g/mol. The van der Waals surface area contributed by atoms with Gasteiger partial charge in [-0.05, 0) is 55.9 Å². The van der Waals surface area contributed by atoms with Crippen molar-refractivity contribution in [3.63, 3.8) is 0 Å². The molecule has 0 aromatic heterocycles. The maximum atomic E-state index is 13.2. The smallest absolute Gasteiger partial charge is 0.242 e. The zero-order chi connectivity index (χ0) is 20.8. The molecule has 1 aliphatic carbocycles. The molecule has 1 unspecified atom stereocenters. The highest BCUT2D eigenvalue weighted by atomic mass is 16.2. The van der Waals surface area contributed by atoms with E-state index >= 15 is 0 Å². The number of nitrogens with one attached hydrogen (secondary N) is 1. The summed E-state index contributed by atoms with van der Waals surface area (Å²) in [4.78, 5) is 27.8. The summed E-state index contributed by atoms with van der Waals surface area (Å²) in [6.45, 7) is 6.40. The number of nitrogens with zero attached hydrogens (tertiary/aromatic N) is 1. The van der Waals surface area contributed by atoms with Crippen molar-refractivity contribution in [3.8, 4) is 0 Å². The maximum absolute atomic E-state index is 13.2. The van der Waals surface area contributed by atoms with Crippen LogP contribution in [0.2, 0.25) is 0 Å². The Hall–Kier alpha value is -2.62. The van der Waals surface area contributed by atoms with E-state index in [1.54, 1.807) is 4.90 Å². The van der Waals surface area contributed by atoms with Crippen LogP contribution in [-0.4, -0.2) is 28.8 Å². The van der Waals surface area contributed by atoms with Crippen LogP contribution in [0.5, 0.6) is 0 Å². The zero-order valence-corrected chi connectivity index (χ0v) is 17.8. The second-order valence-corrected chi connectivity index (χ2v) is 8.27. The molecule has 0 radical (unpaired) electrons. The molecule has 1 atom stereocenters. The lowest BCUT2D eigenvalue weighted by atomic mass is 10.0. The van der Waals surface area contributed by atoms with E-state index in [4.69, 9.17) is 0 Å². The first-order chi connectivity index (χ1) is 13.9. The molecule has 4 nitrogen and oxygen atoms in total. The highest BCUT2D eigenvalue weighted by molar-refractivity contribution is 5.88. The van der Waals surface area contributed by atoms with E-state index in [-0.39, 0.29) is 17.9 Å². The summed E-state index contributed by atoms with van der Waals surface area (Å²) in [5, 5.41) is 3.15. The molecule has 2 aromatic carbocycles. The van der Waals surface area contributed by atoms with Crippen molar-refractivity contribution < 1.29 is 9.59 Å². The Labute approximate surface area is 174 Å². The number of aryl methyl sites for hydroxylation is 2. The molecule has 0 spiro atoms. The molecule has 154 valence electrons. The van der Waals surface area contributed by atoms with Gasteiger partial charge in [0, 0.05) is 12.6 Å². The van der Waals surface area contributed by atoms with Crippen molar-refractivity contribution in [3.05, 3.63) is 70.8 Å². The fraction of sp³-hybridized carbons (Fsp3) is 0.440. The standard InChI is InChI=1S/C25H32N2O2/c1-18-13-14-22(15-19(18)2)16-24(28)27(17-21-9-5-4-6-10-21)20(3)25(29)26-23-11-7-8-12-23/h4-6,9-10,13-15,20,23H,7-8,11-12,16-17H2,1-3H3,(H,26,29). The van der Waals surface area contributed by atoms with Crippen LogP contribution in [0, 0.1) is 13.8 Å². The third kappa shape index (κ3) is 5.69. The second-order valence-electron chi connectivity index (χ2n) is 8.27. The minimum atomic E-state index is -0.505. The number of benzene rings is 2. The minimum Gasteiger partial charge on any atom is -0.352 e. The highest BCUT2D eigenvalue weighted by Crippen LogP contribution is 2.19. The van der Waals surface area contributed by atoms with Crippen LogP contribution in [0.15, 0.2) is 48.5 Å². The van der Waals surface area contributed by atoms with Gasteiger partial charge in [-0.25, -0.2) is 0 Å². The maximum Gasteiger partial charge on any atom is 0.242 e. The molecule has 2 aromatic rings. The first-order valence-corrected chi connectivity index (χ1v) is 10.6. The van der Waals surface area contributed by atoms with E-state index in [0.717, 1.165) is 24.0 Å². The first-order valence-electron chi connectivity index (χ1n) is 10.6. The molecule has 0 heterocycles. The van der Waals surface area contributed by atoms with Gasteiger partial charge in [0.1, 0.15) is 6.04 Å². The molecule has 1 saturated carbocycles. The van der Waals surface area contributed by atoms with E-state index in [0.29, 0.717) is 13.0 Å². The van der Waals surface area contributed by atoms with Gasteiger partial charge in [-0.3, -0.25) is 9.59 Å². The van der Waals surface area contributed by atoms with Gasteiger partial charge in [0.15, 0.2) is 0 Å². The Kier molecular flexibility index (Phi) is 7.08. The quantitative estimate of drug-likeness (QED) is 0.763. The Morgan fingerprint density at radius 1 is 1.00 bits per heavy atom. The predicted octanol–water partition coefficient (Wildman–Crippen LogP) is 4.32. The average Bonchev–Trinajstić information content (AvgIpc) is 3.22. The van der Waals surface area contributed by atoms with Gasteiger partial charge in [0.2, 0.25) is 11.8 Å². The molecule has 3 rings (SSSR count). The normalized spacial score (nSPS) is 15.1. The lowest BCUT2D eigenvalue weighted by Crippen LogP contribution is -2.50. The Morgan fingerprint density at radius 2 is 1.69 bits per heavy atom. The van der Waals surface area contributed by atoms with E-state index in [9.17, 15) is 9.59 Å². The van der Waals surface area contributed by atoms with Crippen LogP contribution in [0.25, 0.3) is 0 Å². The number of hydrogen-bond donors (Lipinski definition) is 1. The number of amides is 2. The molecule has 2 amide bonds. The Balaban J connectivity index is 1.76. The highest BCUT2D eigenvalue weighted by Gasteiger charge is 2.28. The second kappa shape index (κ2) is 9.73. The van der Waals surface area contributed by atoms with E-state index in [1.165, 1.54) is 24.0 Å². The van der Waals surface area contributed by atoms with Crippen molar-refractivity contribution >= 4 is 11.8 Å². The fourth-order valence-corrected chi connectivity index (χ4v) is 3.94. The topological polar surface area (TPSA) is 49.4 Å². The predicted molar refractivity (Wildman–Crippen MR) is 116 cm³/mol. The summed E-state index contributed by atoms with van der Waals surface area (Å²) >= 11 is 0. The van der Waals surface area contributed by atoms with Crippen molar-refractivity contribution in [2.24, 2.45) is 0 Å². The fourth-order valence-electron chi connectivity index (χ4n) is 3.94. The number of carbonyl (C=O) groups is 2. The summed E-state index contributed by atoms with van der Waals surface area (Å²) in [5.41, 5.74) is 4.41. The third-order valence-electron chi connectivity index (χ3n) is 5.99. The molecular weight excluding hydrogens is 360 g/mol. The third-order valence-corrected chi connectivity index (χ3v) is 5.99. The van der Waals surface area contributed by atoms with Crippen LogP contribution >= 0.6 is 0 Å². The molecule has 0 saturated heterocycles. The van der Waals surface area contributed by atoms with Gasteiger partial charge in [0.05, 0.1) is 6.42 Å². The van der Waals surface area contributed by atoms with Crippen LogP contribution < -0.4 is 5.32 Å². The Bertz CT molecular complexity index is 841. The van der Waals surface area contributed by atoms with E-state index < -0.39 is 6.04 Å². The molecule has 0 aliphatic heterocycles. The zero-order valence-electron chi connectivity index (χ0n) is 17.8. The molecule has 1 N–H and O–H groups in total. The van der Waals surface area contributed by atoms with Crippen LogP contribution in [0.3, 0.4) is 0 Å². The van der Waals surface area contributed by atoms with Crippen LogP contribution in [-0.2, 0) is 22.6 Å². The summed E-state index contributed by atoms with van der Waals surface area (Å²) in [6, 6.07) is 15.7. The van der Waals surface area contributed by atoms with E-state index in [1.807, 2.05) is 43.3 Å². The van der Waals surface area contributed by atoms with Gasteiger partial charge in [-0.1, -0.05) is 61.4 Å². The van der Waals surface area contributed by atoms with Gasteiger partial charge in [-0.15, -0.1) is 0 Å². The van der Waals surface area contributed by atoms with Crippen LogP contribution in [0.4, 0.5) is 0 Å². The molecular formula is C25H32N2O2. The summed E-state index contributed by atoms with van der Waals surface area (Å²) in [5.74, 6) is -0.0764. The number of carbonyl (C=O) groups excluding carboxylic acids is 2. The lowest BCUT2D eigenvalue weighted by molar-refractivity contribution is -0.140. The summed E-state index contributed by atoms with van der Waals surface area (Å²) in [6.07, 6.45) is 4.70. The van der Waals surface area contributed by atoms with Gasteiger partial charge in [0.25, 0.3) is 0 Å². The molecule has 1 fully saturated rings. The lowest BCUT2D eigenvalue weighted by Gasteiger charge is -2.30. The Morgan fingerprint density at radius 3 is 2.34 bits per heavy atom. The first kappa shape index (κ1) is 21.1. The molecule has 1 aliphatic rings. The molecule has 29 heavy (non-hydrogen) atoms. The van der Waals surface area contributed by atoms with Crippen LogP contribution in [0.1, 0.15) is 54.9 Å². The van der Waals surface area contributed by atoms with Crippen molar-refractivity contribution in [2.45, 2.75) is 71.5 Å². The largest absolute Gasteiger partial charge is 0.352 e. The molecule has 4 heteroatoms. The minimum absolute atomic E-state index is 0.0221. The van der Waals surface area contributed by atoms with Crippen molar-refractivity contribution in [1.82, 2.24) is 10.2 Å². The summed E-state index contributed by atoms with van der Waals surface area (Å²) < 4.78 is 0. The number of hydrogen-bond acceptors (Lipinski definition) is 2. The van der Waals surface area contributed by atoms with E-state index in [2.05, 4.69) is 31.3 Å². The molecule has 0 bridgehead atoms. The van der Waals surface area contributed by atoms with Gasteiger partial charge >= 0.3 is 0 Å².